The van der Waals surface area contributed by atoms with Crippen LogP contribution in [0.2, 0.25) is 0 Å². The van der Waals surface area contributed by atoms with Crippen molar-refractivity contribution in [3.05, 3.63) is 23.5 Å². The Morgan fingerprint density at radius 2 is 2.21 bits per heavy atom. The molecule has 1 fully saturated rings. The Morgan fingerprint density at radius 3 is 2.84 bits per heavy atom. The molecule has 19 heavy (non-hydrogen) atoms. The number of rotatable bonds is 2. The molecule has 1 aliphatic heterocycles. The van der Waals surface area contributed by atoms with Gasteiger partial charge < -0.3 is 10.6 Å². The number of halogens is 3. The first-order chi connectivity index (χ1) is 8.91. The molecule has 2 heterocycles. The molecule has 1 atom stereocenters. The van der Waals surface area contributed by atoms with E-state index in [1.807, 2.05) is 13.0 Å². The lowest BCUT2D eigenvalue weighted by molar-refractivity contribution is -0.176. The summed E-state index contributed by atoms with van der Waals surface area (Å²) in [6.07, 6.45) is -1.71. The maximum Gasteiger partial charge on any atom is 0.393 e. The molecule has 106 valence electrons. The van der Waals surface area contributed by atoms with Crippen LogP contribution in [0.5, 0.6) is 0 Å². The number of piperidine rings is 1. The second-order valence-corrected chi connectivity index (χ2v) is 4.99. The summed E-state index contributed by atoms with van der Waals surface area (Å²) in [6, 6.07) is 1.82. The summed E-state index contributed by atoms with van der Waals surface area (Å²) in [5.41, 5.74) is 8.03. The third-order valence-electron chi connectivity index (χ3n) is 3.54. The monoisotopic (exact) mass is 273 g/mol. The average Bonchev–Trinajstić information content (AvgIpc) is 2.38. The van der Waals surface area contributed by atoms with Gasteiger partial charge in [0, 0.05) is 42.8 Å². The summed E-state index contributed by atoms with van der Waals surface area (Å²) in [7, 11) is 0. The number of alkyl halides is 3. The van der Waals surface area contributed by atoms with E-state index < -0.39 is 12.1 Å². The van der Waals surface area contributed by atoms with Crippen molar-refractivity contribution in [3.8, 4) is 0 Å². The maximum absolute atomic E-state index is 12.8. The number of hydrogen-bond donors (Lipinski definition) is 1. The highest BCUT2D eigenvalue weighted by Gasteiger charge is 2.42. The predicted molar refractivity (Wildman–Crippen MR) is 67.9 cm³/mol. The van der Waals surface area contributed by atoms with E-state index in [1.54, 1.807) is 11.1 Å². The van der Waals surface area contributed by atoms with Crippen LogP contribution in [-0.2, 0) is 6.54 Å². The van der Waals surface area contributed by atoms with Crippen LogP contribution >= 0.6 is 0 Å². The van der Waals surface area contributed by atoms with Crippen LogP contribution in [0.1, 0.15) is 24.1 Å². The van der Waals surface area contributed by atoms with Crippen LogP contribution in [0.15, 0.2) is 12.3 Å². The maximum atomic E-state index is 12.8. The van der Waals surface area contributed by atoms with E-state index in [1.165, 1.54) is 0 Å². The summed E-state index contributed by atoms with van der Waals surface area (Å²) < 4.78 is 38.5. The molecule has 2 rings (SSSR count). The van der Waals surface area contributed by atoms with Crippen molar-refractivity contribution >= 4 is 5.69 Å². The molecule has 2 N–H and O–H groups in total. The Hall–Kier alpha value is -1.30. The summed E-state index contributed by atoms with van der Waals surface area (Å²) in [5, 5.41) is 0. The number of pyridine rings is 1. The summed E-state index contributed by atoms with van der Waals surface area (Å²) >= 11 is 0. The lowest BCUT2D eigenvalue weighted by Gasteiger charge is -2.36. The van der Waals surface area contributed by atoms with E-state index in [0.717, 1.165) is 16.9 Å². The SMILES string of the molecule is Cc1cc(N2CCCC(C(F)(F)F)C2)c(CN)cn1. The van der Waals surface area contributed by atoms with Crippen molar-refractivity contribution in [1.29, 1.82) is 0 Å². The normalized spacial score (nSPS) is 20.7. The van der Waals surface area contributed by atoms with Gasteiger partial charge in [-0.1, -0.05) is 0 Å². The van der Waals surface area contributed by atoms with Gasteiger partial charge in [0.05, 0.1) is 5.92 Å². The van der Waals surface area contributed by atoms with Crippen LogP contribution in [0.3, 0.4) is 0 Å². The molecule has 0 bridgehead atoms. The van der Waals surface area contributed by atoms with E-state index in [2.05, 4.69) is 4.98 Å². The molecular formula is C13H18F3N3. The Balaban J connectivity index is 2.24. The van der Waals surface area contributed by atoms with Gasteiger partial charge in [-0.2, -0.15) is 13.2 Å². The van der Waals surface area contributed by atoms with Crippen LogP contribution < -0.4 is 10.6 Å². The van der Waals surface area contributed by atoms with Gasteiger partial charge in [0.15, 0.2) is 0 Å². The van der Waals surface area contributed by atoms with E-state index in [4.69, 9.17) is 5.73 Å². The highest BCUT2D eigenvalue weighted by Crippen LogP contribution is 2.35. The number of hydrogen-bond acceptors (Lipinski definition) is 3. The van der Waals surface area contributed by atoms with Crippen LogP contribution in [0.25, 0.3) is 0 Å². The Kier molecular flexibility index (Phi) is 3.99. The fraction of sp³-hybridized carbons (Fsp3) is 0.615. The van der Waals surface area contributed by atoms with Crippen molar-refractivity contribution in [2.45, 2.75) is 32.5 Å². The lowest BCUT2D eigenvalue weighted by atomic mass is 9.96. The molecule has 6 heteroatoms. The standard InChI is InChI=1S/C13H18F3N3/c1-9-5-12(10(6-17)7-18-9)19-4-2-3-11(8-19)13(14,15)16/h5,7,11H,2-4,6,8,17H2,1H3. The van der Waals surface area contributed by atoms with Gasteiger partial charge in [0.25, 0.3) is 0 Å². The summed E-state index contributed by atoms with van der Waals surface area (Å²) in [5.74, 6) is -1.25. The zero-order valence-electron chi connectivity index (χ0n) is 10.9. The first-order valence-electron chi connectivity index (χ1n) is 6.39. The van der Waals surface area contributed by atoms with Gasteiger partial charge in [-0.3, -0.25) is 4.98 Å². The first-order valence-corrected chi connectivity index (χ1v) is 6.39. The highest BCUT2D eigenvalue weighted by atomic mass is 19.4. The highest BCUT2D eigenvalue weighted by molar-refractivity contribution is 5.54. The molecule has 3 nitrogen and oxygen atoms in total. The van der Waals surface area contributed by atoms with E-state index in [-0.39, 0.29) is 19.5 Å². The number of aromatic nitrogens is 1. The van der Waals surface area contributed by atoms with Gasteiger partial charge in [0.1, 0.15) is 0 Å². The minimum Gasteiger partial charge on any atom is -0.371 e. The topological polar surface area (TPSA) is 42.1 Å². The molecule has 0 aromatic carbocycles. The molecule has 1 aromatic rings. The zero-order chi connectivity index (χ0) is 14.0. The molecule has 0 saturated carbocycles. The predicted octanol–water partition coefficient (Wildman–Crippen LogP) is 2.63. The smallest absolute Gasteiger partial charge is 0.371 e. The number of aryl methyl sites for hydroxylation is 1. The number of anilines is 1. The second-order valence-electron chi connectivity index (χ2n) is 4.99. The van der Waals surface area contributed by atoms with Crippen LogP contribution in [0.4, 0.5) is 18.9 Å². The van der Waals surface area contributed by atoms with E-state index in [9.17, 15) is 13.2 Å². The Bertz CT molecular complexity index is 445. The van der Waals surface area contributed by atoms with E-state index in [0.29, 0.717) is 13.0 Å². The second kappa shape index (κ2) is 5.36. The molecule has 0 aliphatic carbocycles. The van der Waals surface area contributed by atoms with Crippen molar-refractivity contribution in [1.82, 2.24) is 4.98 Å². The third kappa shape index (κ3) is 3.18. The molecule has 1 aromatic heterocycles. The fourth-order valence-corrected chi connectivity index (χ4v) is 2.49. The van der Waals surface area contributed by atoms with E-state index >= 15 is 0 Å². The first kappa shape index (κ1) is 14.1. The van der Waals surface area contributed by atoms with Gasteiger partial charge in [-0.25, -0.2) is 0 Å². The van der Waals surface area contributed by atoms with Crippen molar-refractivity contribution in [2.75, 3.05) is 18.0 Å². The molecular weight excluding hydrogens is 255 g/mol. The summed E-state index contributed by atoms with van der Waals surface area (Å²) in [6.45, 7) is 2.77. The van der Waals surface area contributed by atoms with Gasteiger partial charge in [-0.15, -0.1) is 0 Å². The lowest BCUT2D eigenvalue weighted by Crippen LogP contribution is -2.42. The quantitative estimate of drug-likeness (QED) is 0.900. The largest absolute Gasteiger partial charge is 0.393 e. The van der Waals surface area contributed by atoms with Gasteiger partial charge in [-0.05, 0) is 25.8 Å². The minimum atomic E-state index is -4.12. The molecule has 1 aliphatic rings. The number of nitrogens with two attached hydrogens (primary N) is 1. The fourth-order valence-electron chi connectivity index (χ4n) is 2.49. The molecule has 0 amide bonds. The molecule has 0 radical (unpaired) electrons. The Morgan fingerprint density at radius 1 is 1.47 bits per heavy atom. The minimum absolute atomic E-state index is 0.0138. The zero-order valence-corrected chi connectivity index (χ0v) is 10.9. The van der Waals surface area contributed by atoms with Gasteiger partial charge >= 0.3 is 6.18 Å². The van der Waals surface area contributed by atoms with Gasteiger partial charge in [0.2, 0.25) is 0 Å². The van der Waals surface area contributed by atoms with Crippen molar-refractivity contribution in [3.63, 3.8) is 0 Å². The van der Waals surface area contributed by atoms with Crippen LogP contribution in [0, 0.1) is 12.8 Å². The molecule has 1 unspecified atom stereocenters. The van der Waals surface area contributed by atoms with Crippen LogP contribution in [-0.4, -0.2) is 24.2 Å². The average molecular weight is 273 g/mol. The molecule has 0 spiro atoms. The van der Waals surface area contributed by atoms with Crippen molar-refractivity contribution in [2.24, 2.45) is 11.7 Å². The summed E-state index contributed by atoms with van der Waals surface area (Å²) in [4.78, 5) is 5.93. The third-order valence-corrected chi connectivity index (χ3v) is 3.54. The number of nitrogens with zero attached hydrogens (tertiary/aromatic N) is 2. The molecule has 1 saturated heterocycles. The van der Waals surface area contributed by atoms with Crippen molar-refractivity contribution < 1.29 is 13.2 Å². The Labute approximate surface area is 110 Å².